The number of piperidine rings is 1. The molecule has 1 amide bonds. The zero-order valence-corrected chi connectivity index (χ0v) is 20.1. The van der Waals surface area contributed by atoms with Crippen molar-refractivity contribution in [3.63, 3.8) is 0 Å². The Morgan fingerprint density at radius 3 is 2.13 bits per heavy atom. The van der Waals surface area contributed by atoms with Crippen LogP contribution in [0.15, 0.2) is 11.0 Å². The van der Waals surface area contributed by atoms with Crippen molar-refractivity contribution in [3.05, 3.63) is 28.3 Å². The van der Waals surface area contributed by atoms with Crippen LogP contribution < -0.4 is 5.32 Å². The molecule has 1 aromatic rings. The van der Waals surface area contributed by atoms with Crippen molar-refractivity contribution in [3.8, 4) is 0 Å². The Hall–Kier alpha value is -1.44. The van der Waals surface area contributed by atoms with Gasteiger partial charge in [-0.1, -0.05) is 6.07 Å². The lowest BCUT2D eigenvalue weighted by molar-refractivity contribution is -0.126. The molecule has 1 aliphatic carbocycles. The Bertz CT molecular complexity index is 875. The number of aryl methyl sites for hydroxylation is 2. The molecule has 0 radical (unpaired) electrons. The fraction of sp³-hybridized carbons (Fsp3) is 0.696. The summed E-state index contributed by atoms with van der Waals surface area (Å²) < 4.78 is 28.3. The minimum Gasteiger partial charge on any atom is -0.354 e. The number of carbonyl (C=O) groups is 1. The number of sulfonamides is 1. The van der Waals surface area contributed by atoms with E-state index in [0.717, 1.165) is 22.3 Å². The summed E-state index contributed by atoms with van der Waals surface area (Å²) in [5, 5.41) is 3.09. The van der Waals surface area contributed by atoms with Crippen LogP contribution in [-0.2, 0) is 14.8 Å². The molecule has 1 saturated carbocycles. The first-order valence-corrected chi connectivity index (χ1v) is 12.5. The van der Waals surface area contributed by atoms with E-state index in [2.05, 4.69) is 24.2 Å². The summed E-state index contributed by atoms with van der Waals surface area (Å²) in [6.07, 6.45) is 3.64. The van der Waals surface area contributed by atoms with Crippen molar-refractivity contribution < 1.29 is 13.2 Å². The molecule has 1 N–H and O–H groups in total. The van der Waals surface area contributed by atoms with Crippen molar-refractivity contribution in [1.82, 2.24) is 14.5 Å². The third kappa shape index (κ3) is 4.73. The highest BCUT2D eigenvalue weighted by Gasteiger charge is 2.35. The maximum atomic E-state index is 13.4. The number of amides is 1. The molecule has 7 heteroatoms. The van der Waals surface area contributed by atoms with Gasteiger partial charge in [-0.3, -0.25) is 9.69 Å². The summed E-state index contributed by atoms with van der Waals surface area (Å²) >= 11 is 0. The topological polar surface area (TPSA) is 69.7 Å². The van der Waals surface area contributed by atoms with Gasteiger partial charge in [0.05, 0.1) is 4.90 Å². The van der Waals surface area contributed by atoms with Crippen LogP contribution >= 0.6 is 0 Å². The molecule has 3 rings (SSSR count). The molecule has 0 aromatic heterocycles. The molecule has 2 fully saturated rings. The van der Waals surface area contributed by atoms with Crippen LogP contribution in [0.2, 0.25) is 0 Å². The summed E-state index contributed by atoms with van der Waals surface area (Å²) in [6.45, 7) is 11.3. The second-order valence-electron chi connectivity index (χ2n) is 9.26. The van der Waals surface area contributed by atoms with Crippen molar-refractivity contribution in [2.45, 2.75) is 77.3 Å². The van der Waals surface area contributed by atoms with Crippen LogP contribution in [-0.4, -0.2) is 62.3 Å². The summed E-state index contributed by atoms with van der Waals surface area (Å²) in [6, 6.07) is 3.03. The van der Waals surface area contributed by atoms with Crippen LogP contribution in [0.25, 0.3) is 0 Å². The van der Waals surface area contributed by atoms with Gasteiger partial charge in [0.25, 0.3) is 0 Å². The van der Waals surface area contributed by atoms with Gasteiger partial charge in [0, 0.05) is 37.6 Å². The normalized spacial score (nSPS) is 19.8. The lowest BCUT2D eigenvalue weighted by Crippen LogP contribution is -2.46. The standard InChI is InChI=1S/C23H37N3O3S/c1-15-13-16(2)19(5)22(18(15)4)30(28,29)26-11-9-20(10-12-26)23(27)24-14-17(3)25(6)21-7-8-21/h13,17,20-21H,7-12,14H2,1-6H3,(H,24,27). The average molecular weight is 436 g/mol. The Labute approximate surface area is 182 Å². The molecule has 168 valence electrons. The fourth-order valence-corrected chi connectivity index (χ4v) is 6.48. The lowest BCUT2D eigenvalue weighted by Gasteiger charge is -2.32. The SMILES string of the molecule is Cc1cc(C)c(C)c(S(=O)(=O)N2CCC(C(=O)NCC(C)N(C)C3CC3)CC2)c1C. The van der Waals surface area contributed by atoms with E-state index in [0.29, 0.717) is 49.5 Å². The van der Waals surface area contributed by atoms with E-state index < -0.39 is 10.0 Å². The van der Waals surface area contributed by atoms with Crippen LogP contribution in [0, 0.1) is 33.6 Å². The van der Waals surface area contributed by atoms with E-state index in [1.807, 2.05) is 33.8 Å². The van der Waals surface area contributed by atoms with E-state index >= 15 is 0 Å². The molecule has 0 spiro atoms. The van der Waals surface area contributed by atoms with Crippen LogP contribution in [0.1, 0.15) is 54.9 Å². The van der Waals surface area contributed by atoms with E-state index in [-0.39, 0.29) is 11.8 Å². The van der Waals surface area contributed by atoms with Gasteiger partial charge in [0.2, 0.25) is 15.9 Å². The Morgan fingerprint density at radius 1 is 1.10 bits per heavy atom. The Morgan fingerprint density at radius 2 is 1.63 bits per heavy atom. The number of rotatable bonds is 7. The molecule has 1 saturated heterocycles. The first-order chi connectivity index (χ1) is 14.0. The zero-order chi connectivity index (χ0) is 22.2. The second kappa shape index (κ2) is 8.97. The Kier molecular flexibility index (Phi) is 6.94. The monoisotopic (exact) mass is 435 g/mol. The van der Waals surface area contributed by atoms with Crippen molar-refractivity contribution in [2.24, 2.45) is 5.92 Å². The van der Waals surface area contributed by atoms with Crippen molar-refractivity contribution in [2.75, 3.05) is 26.7 Å². The smallest absolute Gasteiger partial charge is 0.243 e. The molecule has 6 nitrogen and oxygen atoms in total. The summed E-state index contributed by atoms with van der Waals surface area (Å²) in [7, 11) is -1.44. The predicted octanol–water partition coefficient (Wildman–Crippen LogP) is 2.92. The molecule has 2 aliphatic rings. The zero-order valence-electron chi connectivity index (χ0n) is 19.3. The van der Waals surface area contributed by atoms with E-state index in [1.165, 1.54) is 12.8 Å². The quantitative estimate of drug-likeness (QED) is 0.715. The van der Waals surface area contributed by atoms with Gasteiger partial charge >= 0.3 is 0 Å². The van der Waals surface area contributed by atoms with Gasteiger partial charge in [-0.25, -0.2) is 8.42 Å². The van der Waals surface area contributed by atoms with Crippen LogP contribution in [0.4, 0.5) is 0 Å². The minimum atomic E-state index is -3.56. The van der Waals surface area contributed by atoms with Gasteiger partial charge in [-0.05, 0) is 89.6 Å². The maximum Gasteiger partial charge on any atom is 0.243 e. The van der Waals surface area contributed by atoms with E-state index in [1.54, 1.807) is 4.31 Å². The van der Waals surface area contributed by atoms with Gasteiger partial charge in [-0.2, -0.15) is 4.31 Å². The highest BCUT2D eigenvalue weighted by molar-refractivity contribution is 7.89. The van der Waals surface area contributed by atoms with Gasteiger partial charge in [0.1, 0.15) is 0 Å². The van der Waals surface area contributed by atoms with Gasteiger partial charge in [-0.15, -0.1) is 0 Å². The molecule has 1 heterocycles. The summed E-state index contributed by atoms with van der Waals surface area (Å²) in [5.74, 6) is -0.0572. The third-order valence-electron chi connectivity index (χ3n) is 7.11. The second-order valence-corrected chi connectivity index (χ2v) is 11.1. The highest BCUT2D eigenvalue weighted by atomic mass is 32.2. The van der Waals surface area contributed by atoms with Crippen LogP contribution in [0.5, 0.6) is 0 Å². The number of nitrogens with one attached hydrogen (secondary N) is 1. The van der Waals surface area contributed by atoms with E-state index in [9.17, 15) is 13.2 Å². The molecule has 1 atom stereocenters. The molecule has 30 heavy (non-hydrogen) atoms. The average Bonchev–Trinajstić information content (AvgIpc) is 3.55. The van der Waals surface area contributed by atoms with Crippen LogP contribution in [0.3, 0.4) is 0 Å². The number of hydrogen-bond donors (Lipinski definition) is 1. The van der Waals surface area contributed by atoms with Crippen molar-refractivity contribution in [1.29, 1.82) is 0 Å². The maximum absolute atomic E-state index is 13.4. The fourth-order valence-electron chi connectivity index (χ4n) is 4.43. The minimum absolute atomic E-state index is 0.0573. The first-order valence-electron chi connectivity index (χ1n) is 11.1. The summed E-state index contributed by atoms with van der Waals surface area (Å²) in [5.41, 5.74) is 3.64. The van der Waals surface area contributed by atoms with Gasteiger partial charge < -0.3 is 5.32 Å². The lowest BCUT2D eigenvalue weighted by atomic mass is 9.97. The third-order valence-corrected chi connectivity index (χ3v) is 9.28. The number of nitrogens with zero attached hydrogens (tertiary/aromatic N) is 2. The predicted molar refractivity (Wildman–Crippen MR) is 120 cm³/mol. The first kappa shape index (κ1) is 23.2. The Balaban J connectivity index is 1.60. The number of hydrogen-bond acceptors (Lipinski definition) is 4. The molecule has 1 aromatic carbocycles. The van der Waals surface area contributed by atoms with E-state index in [4.69, 9.17) is 0 Å². The molecule has 1 unspecified atom stereocenters. The highest BCUT2D eigenvalue weighted by Crippen LogP contribution is 2.31. The van der Waals surface area contributed by atoms with Gasteiger partial charge in [0.15, 0.2) is 0 Å². The van der Waals surface area contributed by atoms with Crippen molar-refractivity contribution >= 4 is 15.9 Å². The molecular formula is C23H37N3O3S. The molecule has 1 aliphatic heterocycles. The molecule has 0 bridgehead atoms. The number of carbonyl (C=O) groups excluding carboxylic acids is 1. The summed E-state index contributed by atoms with van der Waals surface area (Å²) in [4.78, 5) is 15.4. The largest absolute Gasteiger partial charge is 0.354 e. The number of likely N-dealkylation sites (N-methyl/N-ethyl adjacent to an activating group) is 1. The molecular weight excluding hydrogens is 398 g/mol. The number of benzene rings is 1.